The average molecular weight is 387 g/mol. The summed E-state index contributed by atoms with van der Waals surface area (Å²) in [7, 11) is 1.78. The highest BCUT2D eigenvalue weighted by molar-refractivity contribution is 5.83. The van der Waals surface area contributed by atoms with Crippen LogP contribution in [-0.2, 0) is 9.59 Å². The van der Waals surface area contributed by atoms with Crippen LogP contribution < -0.4 is 5.32 Å². The molecule has 2 aromatic rings. The molecule has 29 heavy (non-hydrogen) atoms. The Morgan fingerprint density at radius 1 is 1.07 bits per heavy atom. The molecule has 0 radical (unpaired) electrons. The normalized spacial score (nSPS) is 28.1. The summed E-state index contributed by atoms with van der Waals surface area (Å²) in [5.41, 5.74) is 1.74. The highest BCUT2D eigenvalue weighted by atomic mass is 16.2. The number of carbonyl (C=O) groups is 2. The van der Waals surface area contributed by atoms with E-state index in [-0.39, 0.29) is 36.0 Å². The molecule has 2 bridgehead atoms. The Hall–Kier alpha value is -3.13. The lowest BCUT2D eigenvalue weighted by molar-refractivity contribution is -0.136. The number of likely N-dealkylation sites (N-methyl/N-ethyl adjacent to an activating group) is 1. The molecule has 5 rings (SSSR count). The summed E-state index contributed by atoms with van der Waals surface area (Å²) in [5, 5.41) is 12.1. The first-order chi connectivity index (χ1) is 14.1. The van der Waals surface area contributed by atoms with Gasteiger partial charge in [-0.05, 0) is 35.8 Å². The fraction of sp³-hybridized carbons (Fsp3) is 0.375. The van der Waals surface area contributed by atoms with Gasteiger partial charge in [-0.1, -0.05) is 60.7 Å². The van der Waals surface area contributed by atoms with Crippen LogP contribution in [0, 0.1) is 17.2 Å². The number of nitrogens with zero attached hydrogens (tertiary/aromatic N) is 2. The van der Waals surface area contributed by atoms with Crippen molar-refractivity contribution in [1.29, 1.82) is 5.26 Å². The zero-order chi connectivity index (χ0) is 20.4. The van der Waals surface area contributed by atoms with E-state index in [4.69, 9.17) is 5.26 Å². The molecule has 2 aromatic carbocycles. The summed E-state index contributed by atoms with van der Waals surface area (Å²) in [6.07, 6.45) is 1.26. The first-order valence-electron chi connectivity index (χ1n) is 10.1. The quantitative estimate of drug-likeness (QED) is 0.876. The van der Waals surface area contributed by atoms with E-state index in [2.05, 4.69) is 29.6 Å². The second-order valence-corrected chi connectivity index (χ2v) is 8.20. The summed E-state index contributed by atoms with van der Waals surface area (Å²) >= 11 is 0. The SMILES string of the molecule is CN(C(=O)CC#N)C12CNC(=O)C(C(c3ccccc3)C1)C(c1ccccc1)C2. The minimum absolute atomic E-state index is 0.00925. The zero-order valence-corrected chi connectivity index (χ0v) is 16.5. The summed E-state index contributed by atoms with van der Waals surface area (Å²) in [6.45, 7) is 0.419. The molecule has 148 valence electrons. The van der Waals surface area contributed by atoms with E-state index >= 15 is 0 Å². The van der Waals surface area contributed by atoms with Crippen molar-refractivity contribution in [3.63, 3.8) is 0 Å². The Morgan fingerprint density at radius 3 is 2.07 bits per heavy atom. The summed E-state index contributed by atoms with van der Waals surface area (Å²) in [6, 6.07) is 22.2. The smallest absolute Gasteiger partial charge is 0.237 e. The Morgan fingerprint density at radius 2 is 1.59 bits per heavy atom. The number of benzene rings is 2. The van der Waals surface area contributed by atoms with E-state index in [1.165, 1.54) is 0 Å². The van der Waals surface area contributed by atoms with Gasteiger partial charge in [-0.15, -0.1) is 0 Å². The third-order valence-corrected chi connectivity index (χ3v) is 6.73. The Bertz CT molecular complexity index is 886. The molecule has 5 heteroatoms. The van der Waals surface area contributed by atoms with Crippen LogP contribution in [0.1, 0.15) is 42.2 Å². The molecule has 5 nitrogen and oxygen atoms in total. The van der Waals surface area contributed by atoms with Gasteiger partial charge in [-0.3, -0.25) is 9.59 Å². The number of hydrogen-bond donors (Lipinski definition) is 1. The lowest BCUT2D eigenvalue weighted by Gasteiger charge is -2.49. The van der Waals surface area contributed by atoms with Crippen molar-refractivity contribution >= 4 is 11.8 Å². The molecule has 2 unspecified atom stereocenters. The monoisotopic (exact) mass is 387 g/mol. The Balaban J connectivity index is 1.83. The predicted octanol–water partition coefficient (Wildman–Crippen LogP) is 3.20. The number of carbonyl (C=O) groups excluding carboxylic acids is 2. The molecular weight excluding hydrogens is 362 g/mol. The predicted molar refractivity (Wildman–Crippen MR) is 110 cm³/mol. The van der Waals surface area contributed by atoms with Crippen molar-refractivity contribution in [2.45, 2.75) is 36.6 Å². The largest absolute Gasteiger partial charge is 0.353 e. The fourth-order valence-corrected chi connectivity index (χ4v) is 5.21. The van der Waals surface area contributed by atoms with Gasteiger partial charge < -0.3 is 10.2 Å². The van der Waals surface area contributed by atoms with Crippen LogP contribution in [0.15, 0.2) is 60.7 Å². The van der Waals surface area contributed by atoms with Crippen molar-refractivity contribution in [3.05, 3.63) is 71.8 Å². The highest BCUT2D eigenvalue weighted by Crippen LogP contribution is 2.53. The van der Waals surface area contributed by atoms with Crippen molar-refractivity contribution in [2.24, 2.45) is 5.92 Å². The topological polar surface area (TPSA) is 73.2 Å². The van der Waals surface area contributed by atoms with Crippen molar-refractivity contribution < 1.29 is 9.59 Å². The molecule has 2 atom stereocenters. The molecule has 1 saturated carbocycles. The second-order valence-electron chi connectivity index (χ2n) is 8.20. The van der Waals surface area contributed by atoms with Gasteiger partial charge in [0.25, 0.3) is 0 Å². The molecule has 0 aromatic heterocycles. The molecule has 3 fully saturated rings. The summed E-state index contributed by atoms with van der Waals surface area (Å²) < 4.78 is 0. The molecule has 1 N–H and O–H groups in total. The van der Waals surface area contributed by atoms with Gasteiger partial charge in [0.05, 0.1) is 17.5 Å². The maximum Gasteiger partial charge on any atom is 0.237 e. The van der Waals surface area contributed by atoms with Crippen LogP contribution in [-0.4, -0.2) is 35.8 Å². The van der Waals surface area contributed by atoms with Crippen LogP contribution in [0.2, 0.25) is 0 Å². The van der Waals surface area contributed by atoms with Gasteiger partial charge in [0.1, 0.15) is 6.42 Å². The molecule has 2 amide bonds. The lowest BCUT2D eigenvalue weighted by atomic mass is 9.61. The zero-order valence-electron chi connectivity index (χ0n) is 16.5. The minimum atomic E-state index is -0.516. The summed E-state index contributed by atoms with van der Waals surface area (Å²) in [4.78, 5) is 27.7. The number of amides is 2. The molecule has 2 aliphatic heterocycles. The molecule has 2 saturated heterocycles. The average Bonchev–Trinajstić information content (AvgIpc) is 3.01. The number of rotatable bonds is 4. The molecule has 2 heterocycles. The lowest BCUT2D eigenvalue weighted by Crippen LogP contribution is -2.57. The van der Waals surface area contributed by atoms with E-state index in [1.807, 2.05) is 42.5 Å². The van der Waals surface area contributed by atoms with Gasteiger partial charge in [-0.25, -0.2) is 0 Å². The standard InChI is InChI=1S/C24H25N3O2/c1-27(21(28)12-13-25)24-14-19(17-8-4-2-5-9-17)22(23(29)26-16-24)20(15-24)18-10-6-3-7-11-18/h2-11,19-20,22H,12,14-16H2,1H3,(H,26,29). The fourth-order valence-electron chi connectivity index (χ4n) is 5.21. The maximum absolute atomic E-state index is 13.2. The van der Waals surface area contributed by atoms with Gasteiger partial charge in [0, 0.05) is 13.6 Å². The maximum atomic E-state index is 13.2. The van der Waals surface area contributed by atoms with Crippen LogP contribution in [0.5, 0.6) is 0 Å². The van der Waals surface area contributed by atoms with E-state index in [1.54, 1.807) is 11.9 Å². The molecule has 1 aliphatic carbocycles. The molecule has 0 spiro atoms. The van der Waals surface area contributed by atoms with Crippen molar-refractivity contribution in [1.82, 2.24) is 10.2 Å². The molecular formula is C24H25N3O2. The van der Waals surface area contributed by atoms with Crippen LogP contribution in [0.3, 0.4) is 0 Å². The minimum Gasteiger partial charge on any atom is -0.353 e. The Labute approximate surface area is 171 Å². The van der Waals surface area contributed by atoms with E-state index in [9.17, 15) is 9.59 Å². The van der Waals surface area contributed by atoms with Gasteiger partial charge >= 0.3 is 0 Å². The summed E-state index contributed by atoms with van der Waals surface area (Å²) in [5.74, 6) is -0.311. The Kier molecular flexibility index (Phi) is 5.10. The molecule has 3 aliphatic rings. The third-order valence-electron chi connectivity index (χ3n) is 6.73. The van der Waals surface area contributed by atoms with Gasteiger partial charge in [0.2, 0.25) is 11.8 Å². The van der Waals surface area contributed by atoms with Crippen LogP contribution in [0.25, 0.3) is 0 Å². The van der Waals surface area contributed by atoms with Crippen molar-refractivity contribution in [3.8, 4) is 6.07 Å². The van der Waals surface area contributed by atoms with Gasteiger partial charge in [-0.2, -0.15) is 5.26 Å². The van der Waals surface area contributed by atoms with E-state index in [0.717, 1.165) is 11.1 Å². The number of fused-ring (bicyclic) bond motifs is 4. The van der Waals surface area contributed by atoms with Crippen LogP contribution in [0.4, 0.5) is 0 Å². The number of hydrogen-bond acceptors (Lipinski definition) is 3. The third kappa shape index (κ3) is 3.40. The highest BCUT2D eigenvalue weighted by Gasteiger charge is 2.54. The second kappa shape index (κ2) is 7.71. The van der Waals surface area contributed by atoms with E-state index < -0.39 is 5.54 Å². The van der Waals surface area contributed by atoms with Crippen LogP contribution >= 0.6 is 0 Å². The number of nitrogens with one attached hydrogen (secondary N) is 1. The van der Waals surface area contributed by atoms with Gasteiger partial charge in [0.15, 0.2) is 0 Å². The first-order valence-corrected chi connectivity index (χ1v) is 10.1. The number of nitriles is 1. The van der Waals surface area contributed by atoms with E-state index in [0.29, 0.717) is 19.4 Å². The first kappa shape index (κ1) is 19.2. The van der Waals surface area contributed by atoms with Crippen molar-refractivity contribution in [2.75, 3.05) is 13.6 Å².